The molecule has 1 aromatic heterocycles. The third-order valence-corrected chi connectivity index (χ3v) is 9.69. The van der Waals surface area contributed by atoms with Gasteiger partial charge in [0, 0.05) is 24.0 Å². The molecule has 11 heteroatoms. The van der Waals surface area contributed by atoms with E-state index in [2.05, 4.69) is 14.8 Å². The third kappa shape index (κ3) is 4.98. The number of rotatable bonds is 5. The van der Waals surface area contributed by atoms with Gasteiger partial charge in [-0.25, -0.2) is 13.6 Å². The van der Waals surface area contributed by atoms with E-state index in [1.54, 1.807) is 6.07 Å². The Bertz CT molecular complexity index is 1570. The van der Waals surface area contributed by atoms with Gasteiger partial charge in [0.05, 0.1) is 23.2 Å². The topological polar surface area (TPSA) is 91.3 Å². The highest BCUT2D eigenvalue weighted by Gasteiger charge is 2.46. The molecule has 0 spiro atoms. The van der Waals surface area contributed by atoms with E-state index in [0.29, 0.717) is 30.9 Å². The molecule has 9 nitrogen and oxygen atoms in total. The Morgan fingerprint density at radius 1 is 1.05 bits per heavy atom. The monoisotopic (exact) mass is 607 g/mol. The summed E-state index contributed by atoms with van der Waals surface area (Å²) >= 11 is 0. The molecule has 1 N–H and O–H groups in total. The number of amides is 1. The summed E-state index contributed by atoms with van der Waals surface area (Å²) in [7, 11) is 0. The number of benzene rings is 2. The van der Waals surface area contributed by atoms with Gasteiger partial charge in [0.1, 0.15) is 35.1 Å². The lowest BCUT2D eigenvalue weighted by Gasteiger charge is -2.42. The zero-order chi connectivity index (χ0) is 30.8. The van der Waals surface area contributed by atoms with Crippen molar-refractivity contribution in [1.82, 2.24) is 19.8 Å². The largest absolute Gasteiger partial charge is 0.507 e. The first-order chi connectivity index (χ1) is 21.0. The van der Waals surface area contributed by atoms with Crippen molar-refractivity contribution in [3.8, 4) is 22.9 Å². The molecule has 4 fully saturated rings. The van der Waals surface area contributed by atoms with Crippen LogP contribution >= 0.6 is 0 Å². The third-order valence-electron chi connectivity index (χ3n) is 9.69. The number of hydrogen-bond acceptors (Lipinski definition) is 8. The average molecular weight is 608 g/mol. The Morgan fingerprint density at radius 2 is 1.75 bits per heavy atom. The summed E-state index contributed by atoms with van der Waals surface area (Å²) in [5.41, 5.74) is -0.965. The van der Waals surface area contributed by atoms with Crippen molar-refractivity contribution < 1.29 is 28.2 Å². The van der Waals surface area contributed by atoms with Crippen LogP contribution in [0.15, 0.2) is 30.3 Å². The number of nitrogens with zero attached hydrogens (tertiary/aromatic N) is 5. The molecule has 44 heavy (non-hydrogen) atoms. The number of phenols is 1. The van der Waals surface area contributed by atoms with Gasteiger partial charge in [0.15, 0.2) is 5.82 Å². The lowest BCUT2D eigenvalue weighted by atomic mass is 9.95. The first-order valence-corrected chi connectivity index (χ1v) is 15.7. The fourth-order valence-corrected chi connectivity index (χ4v) is 7.75. The first kappa shape index (κ1) is 29.0. The van der Waals surface area contributed by atoms with Gasteiger partial charge < -0.3 is 19.5 Å². The lowest BCUT2D eigenvalue weighted by Crippen LogP contribution is -2.57. The van der Waals surface area contributed by atoms with Gasteiger partial charge >= 0.3 is 12.1 Å². The number of fused-ring (bicyclic) bond motifs is 4. The molecular formula is C33H39F2N5O4. The minimum absolute atomic E-state index is 0.000674. The number of phenolic OH excluding ortho intramolecular Hbond substituents is 1. The molecule has 0 saturated carbocycles. The molecule has 0 aliphatic carbocycles. The Hall–Kier alpha value is -3.73. The zero-order valence-electron chi connectivity index (χ0n) is 25.5. The van der Waals surface area contributed by atoms with E-state index in [9.17, 15) is 14.3 Å². The predicted octanol–water partition coefficient (Wildman–Crippen LogP) is 5.88. The summed E-state index contributed by atoms with van der Waals surface area (Å²) in [5.74, 6) is -1.33. The standard InChI is InChI=1S/C33H39F2N5O4/c1-32(2,3)44-31(42)40-20-9-10-21(40)18-38(17-20)29-23-12-11-22(26-24(34)7-4-8-25(26)41)27(35)28(23)36-30(37-29)43-19-33-13-5-15-39(33)16-6-14-33/h4,7-8,11-12,20-21,41H,5-6,9-10,13-19H2,1-3H3/t20-,21+. The fraction of sp³-hybridized carbons (Fsp3) is 0.545. The van der Waals surface area contributed by atoms with E-state index in [1.807, 2.05) is 25.7 Å². The van der Waals surface area contributed by atoms with Crippen LogP contribution in [0.2, 0.25) is 0 Å². The maximum Gasteiger partial charge on any atom is 0.410 e. The number of anilines is 1. The minimum Gasteiger partial charge on any atom is -0.507 e. The van der Waals surface area contributed by atoms with Crippen LogP contribution in [0.4, 0.5) is 19.4 Å². The summed E-state index contributed by atoms with van der Waals surface area (Å²) < 4.78 is 43.2. The Kier molecular flexibility index (Phi) is 7.06. The van der Waals surface area contributed by atoms with Gasteiger partial charge in [-0.15, -0.1) is 0 Å². The molecule has 4 aliphatic heterocycles. The van der Waals surface area contributed by atoms with Crippen LogP contribution in [-0.4, -0.2) is 87.0 Å². The van der Waals surface area contributed by atoms with Gasteiger partial charge in [-0.3, -0.25) is 9.80 Å². The Balaban J connectivity index is 1.27. The lowest BCUT2D eigenvalue weighted by molar-refractivity contribution is 0.0122. The van der Waals surface area contributed by atoms with E-state index < -0.39 is 17.2 Å². The number of halogens is 2. The average Bonchev–Trinajstić information content (AvgIpc) is 3.62. The second-order valence-electron chi connectivity index (χ2n) is 13.7. The molecule has 2 aromatic carbocycles. The molecule has 234 valence electrons. The predicted molar refractivity (Wildman–Crippen MR) is 162 cm³/mol. The van der Waals surface area contributed by atoms with Gasteiger partial charge in [0.2, 0.25) is 0 Å². The highest BCUT2D eigenvalue weighted by molar-refractivity contribution is 5.94. The summed E-state index contributed by atoms with van der Waals surface area (Å²) in [6.07, 6.45) is 5.64. The molecule has 2 atom stereocenters. The number of hydrogen-bond donors (Lipinski definition) is 1. The molecule has 7 rings (SSSR count). The van der Waals surface area contributed by atoms with Crippen molar-refractivity contribution in [2.45, 2.75) is 82.5 Å². The molecule has 4 saturated heterocycles. The number of ether oxygens (including phenoxy) is 2. The van der Waals surface area contributed by atoms with Crippen molar-refractivity contribution in [2.24, 2.45) is 0 Å². The Morgan fingerprint density at radius 3 is 2.41 bits per heavy atom. The van der Waals surface area contributed by atoms with Crippen molar-refractivity contribution in [2.75, 3.05) is 37.7 Å². The number of carbonyl (C=O) groups excluding carboxylic acids is 1. The summed E-state index contributed by atoms with van der Waals surface area (Å²) in [6, 6.07) is 6.93. The SMILES string of the molecule is CC(C)(C)OC(=O)N1[C@@H]2CC[C@H]1CN(c1nc(OCC34CCCN3CCC4)nc3c(F)c(-c4c(O)cccc4F)ccc13)C2. The summed E-state index contributed by atoms with van der Waals surface area (Å²) in [4.78, 5) is 28.9. The molecule has 2 bridgehead atoms. The first-order valence-electron chi connectivity index (χ1n) is 15.7. The second kappa shape index (κ2) is 10.7. The van der Waals surface area contributed by atoms with Crippen LogP contribution in [0, 0.1) is 11.6 Å². The van der Waals surface area contributed by atoms with E-state index in [0.717, 1.165) is 51.6 Å². The molecule has 3 aromatic rings. The van der Waals surface area contributed by atoms with Crippen LogP contribution in [0.3, 0.4) is 0 Å². The molecule has 0 radical (unpaired) electrons. The van der Waals surface area contributed by atoms with E-state index in [1.165, 1.54) is 24.3 Å². The number of aromatic hydroxyl groups is 1. The smallest absolute Gasteiger partial charge is 0.410 e. The van der Waals surface area contributed by atoms with E-state index >= 15 is 4.39 Å². The van der Waals surface area contributed by atoms with Crippen LogP contribution in [0.25, 0.3) is 22.0 Å². The van der Waals surface area contributed by atoms with Crippen LogP contribution in [0.5, 0.6) is 11.8 Å². The number of aromatic nitrogens is 2. The van der Waals surface area contributed by atoms with Gasteiger partial charge in [-0.05, 0) is 90.6 Å². The fourth-order valence-electron chi connectivity index (χ4n) is 7.75. The number of piperazine rings is 1. The quantitative estimate of drug-likeness (QED) is 0.385. The van der Waals surface area contributed by atoms with Gasteiger partial charge in [0.25, 0.3) is 0 Å². The van der Waals surface area contributed by atoms with E-state index in [4.69, 9.17) is 14.5 Å². The van der Waals surface area contributed by atoms with Crippen LogP contribution in [0.1, 0.15) is 59.3 Å². The summed E-state index contributed by atoms with van der Waals surface area (Å²) in [5, 5.41) is 10.9. The van der Waals surface area contributed by atoms with Crippen molar-refractivity contribution >= 4 is 22.8 Å². The Labute approximate surface area is 255 Å². The summed E-state index contributed by atoms with van der Waals surface area (Å²) in [6.45, 7) is 9.06. The van der Waals surface area contributed by atoms with E-state index in [-0.39, 0.29) is 52.1 Å². The molecule has 4 aliphatic rings. The van der Waals surface area contributed by atoms with Crippen LogP contribution in [-0.2, 0) is 4.74 Å². The second-order valence-corrected chi connectivity index (χ2v) is 13.7. The normalized spacial score (nSPS) is 22.9. The van der Waals surface area contributed by atoms with Gasteiger partial charge in [-0.1, -0.05) is 12.1 Å². The maximum atomic E-state index is 16.4. The van der Waals surface area contributed by atoms with Crippen molar-refractivity contribution in [3.63, 3.8) is 0 Å². The molecule has 1 amide bonds. The molecule has 0 unspecified atom stereocenters. The maximum absolute atomic E-state index is 16.4. The number of carbonyl (C=O) groups is 1. The van der Waals surface area contributed by atoms with Gasteiger partial charge in [-0.2, -0.15) is 9.97 Å². The van der Waals surface area contributed by atoms with Crippen LogP contribution < -0.4 is 9.64 Å². The highest BCUT2D eigenvalue weighted by Crippen LogP contribution is 2.42. The highest BCUT2D eigenvalue weighted by atomic mass is 19.1. The van der Waals surface area contributed by atoms with Crippen molar-refractivity contribution in [3.05, 3.63) is 42.0 Å². The minimum atomic E-state index is -0.756. The van der Waals surface area contributed by atoms with Crippen molar-refractivity contribution in [1.29, 1.82) is 0 Å². The molecule has 5 heterocycles. The molecular weight excluding hydrogens is 568 g/mol. The zero-order valence-corrected chi connectivity index (χ0v) is 25.5.